The normalized spacial score (nSPS) is 12.1. The van der Waals surface area contributed by atoms with Crippen molar-refractivity contribution in [2.75, 3.05) is 0 Å². The van der Waals surface area contributed by atoms with Crippen LogP contribution < -0.4 is 5.32 Å². The smallest absolute Gasteiger partial charge is 0.226 e. The molecule has 0 bridgehead atoms. The summed E-state index contributed by atoms with van der Waals surface area (Å²) in [7, 11) is 0. The number of nitrogens with one attached hydrogen (secondary N) is 1. The molecule has 3 aromatic rings. The van der Waals surface area contributed by atoms with E-state index in [1.807, 2.05) is 67.4 Å². The number of carbonyl (C=O) groups is 1. The van der Waals surface area contributed by atoms with Crippen molar-refractivity contribution in [2.45, 2.75) is 33.2 Å². The van der Waals surface area contributed by atoms with Crippen molar-refractivity contribution in [1.29, 1.82) is 0 Å². The number of benzene rings is 1. The van der Waals surface area contributed by atoms with Crippen LogP contribution in [0.4, 0.5) is 0 Å². The highest BCUT2D eigenvalue weighted by molar-refractivity contribution is 7.09. The van der Waals surface area contributed by atoms with E-state index in [0.29, 0.717) is 6.42 Å². The average molecular weight is 340 g/mol. The van der Waals surface area contributed by atoms with Gasteiger partial charge in [-0.05, 0) is 32.9 Å². The molecule has 2 heterocycles. The third kappa shape index (κ3) is 3.54. The fourth-order valence-corrected chi connectivity index (χ4v) is 3.31. The minimum atomic E-state index is -0.102. The van der Waals surface area contributed by atoms with Crippen molar-refractivity contribution in [2.24, 2.45) is 0 Å². The topological polar surface area (TPSA) is 59.8 Å². The van der Waals surface area contributed by atoms with Crippen LogP contribution in [0.15, 0.2) is 41.9 Å². The number of nitrogens with zero attached hydrogens (tertiary/aromatic N) is 3. The summed E-state index contributed by atoms with van der Waals surface area (Å²) in [5, 5.41) is 10.4. The second-order valence-electron chi connectivity index (χ2n) is 5.76. The van der Waals surface area contributed by atoms with Gasteiger partial charge in [-0.25, -0.2) is 9.67 Å². The second-order valence-corrected chi connectivity index (χ2v) is 6.82. The van der Waals surface area contributed by atoms with Gasteiger partial charge in [0.2, 0.25) is 5.91 Å². The van der Waals surface area contributed by atoms with E-state index >= 15 is 0 Å². The standard InChI is InChI=1S/C18H20N4OS/c1-12(20-18(23)9-15-11-24-14(3)21-15)17-10-19-22(13(17)2)16-7-5-4-6-8-16/h4-8,10-12H,9H2,1-3H3,(H,20,23)/t12-/m1/s1. The number of aryl methyl sites for hydroxylation is 1. The van der Waals surface area contributed by atoms with E-state index in [9.17, 15) is 4.79 Å². The van der Waals surface area contributed by atoms with Gasteiger partial charge in [-0.15, -0.1) is 11.3 Å². The van der Waals surface area contributed by atoms with E-state index in [-0.39, 0.29) is 11.9 Å². The molecular formula is C18H20N4OS. The van der Waals surface area contributed by atoms with Gasteiger partial charge in [-0.2, -0.15) is 5.10 Å². The predicted octanol–water partition coefficient (Wildman–Crippen LogP) is 3.37. The third-order valence-corrected chi connectivity index (χ3v) is 4.72. The van der Waals surface area contributed by atoms with Crippen molar-refractivity contribution < 1.29 is 4.79 Å². The van der Waals surface area contributed by atoms with Gasteiger partial charge in [0.15, 0.2) is 0 Å². The van der Waals surface area contributed by atoms with Crippen LogP contribution in [0.5, 0.6) is 0 Å². The van der Waals surface area contributed by atoms with E-state index < -0.39 is 0 Å². The number of hydrogen-bond donors (Lipinski definition) is 1. The zero-order valence-corrected chi connectivity index (χ0v) is 14.8. The van der Waals surface area contributed by atoms with E-state index in [1.54, 1.807) is 11.3 Å². The summed E-state index contributed by atoms with van der Waals surface area (Å²) in [6.07, 6.45) is 2.13. The zero-order valence-electron chi connectivity index (χ0n) is 14.0. The van der Waals surface area contributed by atoms with Crippen LogP contribution in [0.2, 0.25) is 0 Å². The Kier molecular flexibility index (Phi) is 4.76. The molecule has 1 atom stereocenters. The Hall–Kier alpha value is -2.47. The maximum absolute atomic E-state index is 12.2. The molecule has 2 aromatic heterocycles. The Labute approximate surface area is 145 Å². The number of aromatic nitrogens is 3. The molecule has 0 aliphatic carbocycles. The van der Waals surface area contributed by atoms with Crippen LogP contribution in [0.25, 0.3) is 5.69 Å². The van der Waals surface area contributed by atoms with Gasteiger partial charge in [0.05, 0.1) is 35.0 Å². The molecule has 0 unspecified atom stereocenters. The molecule has 0 saturated carbocycles. The van der Waals surface area contributed by atoms with E-state index in [4.69, 9.17) is 0 Å². The first-order valence-electron chi connectivity index (χ1n) is 7.85. The summed E-state index contributed by atoms with van der Waals surface area (Å²) in [4.78, 5) is 16.6. The molecule has 0 saturated heterocycles. The zero-order chi connectivity index (χ0) is 17.1. The second kappa shape index (κ2) is 6.97. The number of para-hydroxylation sites is 1. The highest BCUT2D eigenvalue weighted by Crippen LogP contribution is 2.20. The van der Waals surface area contributed by atoms with Gasteiger partial charge >= 0.3 is 0 Å². The fourth-order valence-electron chi connectivity index (χ4n) is 2.70. The maximum atomic E-state index is 12.2. The number of amides is 1. The Morgan fingerprint density at radius 2 is 2.04 bits per heavy atom. The predicted molar refractivity (Wildman–Crippen MR) is 95.4 cm³/mol. The van der Waals surface area contributed by atoms with E-state index in [0.717, 1.165) is 27.6 Å². The van der Waals surface area contributed by atoms with Crippen LogP contribution in [-0.4, -0.2) is 20.7 Å². The summed E-state index contributed by atoms with van der Waals surface area (Å²) in [5.41, 5.74) is 3.87. The molecule has 0 aliphatic heterocycles. The lowest BCUT2D eigenvalue weighted by atomic mass is 10.1. The molecule has 3 rings (SSSR count). The number of rotatable bonds is 5. The molecule has 5 nitrogen and oxygen atoms in total. The first-order valence-corrected chi connectivity index (χ1v) is 8.73. The van der Waals surface area contributed by atoms with Gasteiger partial charge in [0, 0.05) is 16.6 Å². The summed E-state index contributed by atoms with van der Waals surface area (Å²) in [6, 6.07) is 9.87. The summed E-state index contributed by atoms with van der Waals surface area (Å²) in [6.45, 7) is 5.93. The van der Waals surface area contributed by atoms with Crippen molar-refractivity contribution in [3.05, 3.63) is 63.9 Å². The van der Waals surface area contributed by atoms with E-state index in [2.05, 4.69) is 15.4 Å². The molecular weight excluding hydrogens is 320 g/mol. The van der Waals surface area contributed by atoms with Crippen LogP contribution in [0.1, 0.15) is 34.9 Å². The van der Waals surface area contributed by atoms with Crippen molar-refractivity contribution in [1.82, 2.24) is 20.1 Å². The minimum absolute atomic E-state index is 0.0281. The number of thiazole rings is 1. The Morgan fingerprint density at radius 3 is 2.71 bits per heavy atom. The first kappa shape index (κ1) is 16.4. The molecule has 1 aromatic carbocycles. The van der Waals surface area contributed by atoms with Gasteiger partial charge in [-0.1, -0.05) is 18.2 Å². The van der Waals surface area contributed by atoms with Crippen molar-refractivity contribution >= 4 is 17.2 Å². The monoisotopic (exact) mass is 340 g/mol. The quantitative estimate of drug-likeness (QED) is 0.775. The summed E-state index contributed by atoms with van der Waals surface area (Å²) < 4.78 is 1.89. The number of carbonyl (C=O) groups excluding carboxylic acids is 1. The Morgan fingerprint density at radius 1 is 1.29 bits per heavy atom. The van der Waals surface area contributed by atoms with Crippen LogP contribution in [0, 0.1) is 13.8 Å². The average Bonchev–Trinajstić information content (AvgIpc) is 3.13. The molecule has 6 heteroatoms. The van der Waals surface area contributed by atoms with E-state index in [1.165, 1.54) is 0 Å². The fraction of sp³-hybridized carbons (Fsp3) is 0.278. The molecule has 1 N–H and O–H groups in total. The van der Waals surface area contributed by atoms with Crippen LogP contribution in [0.3, 0.4) is 0 Å². The summed E-state index contributed by atoms with van der Waals surface area (Å²) >= 11 is 1.56. The third-order valence-electron chi connectivity index (χ3n) is 3.90. The Bertz CT molecular complexity index is 838. The highest BCUT2D eigenvalue weighted by Gasteiger charge is 2.17. The molecule has 24 heavy (non-hydrogen) atoms. The molecule has 0 fully saturated rings. The highest BCUT2D eigenvalue weighted by atomic mass is 32.1. The van der Waals surface area contributed by atoms with Gasteiger partial charge in [0.1, 0.15) is 0 Å². The largest absolute Gasteiger partial charge is 0.349 e. The van der Waals surface area contributed by atoms with Gasteiger partial charge in [-0.3, -0.25) is 4.79 Å². The summed E-state index contributed by atoms with van der Waals surface area (Å²) in [5.74, 6) is -0.0281. The van der Waals surface area contributed by atoms with Crippen molar-refractivity contribution in [3.8, 4) is 5.69 Å². The van der Waals surface area contributed by atoms with Crippen molar-refractivity contribution in [3.63, 3.8) is 0 Å². The molecule has 124 valence electrons. The molecule has 0 aliphatic rings. The van der Waals surface area contributed by atoms with Gasteiger partial charge in [0.25, 0.3) is 0 Å². The lowest BCUT2D eigenvalue weighted by molar-refractivity contribution is -0.121. The molecule has 0 spiro atoms. The molecule has 1 amide bonds. The lowest BCUT2D eigenvalue weighted by Gasteiger charge is -2.14. The lowest BCUT2D eigenvalue weighted by Crippen LogP contribution is -2.28. The Balaban J connectivity index is 1.70. The van der Waals surface area contributed by atoms with Crippen LogP contribution in [-0.2, 0) is 11.2 Å². The maximum Gasteiger partial charge on any atom is 0.226 e. The van der Waals surface area contributed by atoms with Crippen LogP contribution >= 0.6 is 11.3 Å². The molecule has 0 radical (unpaired) electrons. The van der Waals surface area contributed by atoms with Gasteiger partial charge < -0.3 is 5.32 Å². The number of hydrogen-bond acceptors (Lipinski definition) is 4. The minimum Gasteiger partial charge on any atom is -0.349 e. The SMILES string of the molecule is Cc1nc(CC(=O)N[C@H](C)c2cnn(-c3ccccc3)c2C)cs1. The first-order chi connectivity index (χ1) is 11.5.